The van der Waals surface area contributed by atoms with Gasteiger partial charge in [0.1, 0.15) is 5.82 Å². The summed E-state index contributed by atoms with van der Waals surface area (Å²) in [5.74, 6) is 6.10. The van der Waals surface area contributed by atoms with Gasteiger partial charge in [-0.1, -0.05) is 29.8 Å². The number of aryl methyl sites for hydroxylation is 1. The van der Waals surface area contributed by atoms with Crippen molar-refractivity contribution in [3.8, 4) is 0 Å². The Morgan fingerprint density at radius 1 is 1.29 bits per heavy atom. The molecule has 2 rings (SSSR count). The van der Waals surface area contributed by atoms with Gasteiger partial charge in [-0.05, 0) is 48.7 Å². The predicted molar refractivity (Wildman–Crippen MR) is 88.1 cm³/mol. The summed E-state index contributed by atoms with van der Waals surface area (Å²) in [6.07, 6.45) is 0.502. The van der Waals surface area contributed by atoms with E-state index in [1.54, 1.807) is 23.9 Å². The Morgan fingerprint density at radius 2 is 2.05 bits per heavy atom. The van der Waals surface area contributed by atoms with Crippen LogP contribution in [0.1, 0.15) is 11.1 Å². The van der Waals surface area contributed by atoms with Crippen LogP contribution >= 0.6 is 23.4 Å². The third-order valence-corrected chi connectivity index (χ3v) is 4.82. The van der Waals surface area contributed by atoms with E-state index in [0.717, 1.165) is 5.75 Å². The normalized spacial score (nSPS) is 12.4. The third kappa shape index (κ3) is 4.71. The first-order valence-corrected chi connectivity index (χ1v) is 8.05. The van der Waals surface area contributed by atoms with E-state index in [0.29, 0.717) is 17.0 Å². The first-order valence-electron chi connectivity index (χ1n) is 6.68. The van der Waals surface area contributed by atoms with Crippen molar-refractivity contribution in [2.24, 2.45) is 5.84 Å². The molecule has 0 amide bonds. The molecule has 2 aromatic rings. The van der Waals surface area contributed by atoms with Crippen molar-refractivity contribution in [3.05, 3.63) is 64.4 Å². The first-order chi connectivity index (χ1) is 10.1. The van der Waals surface area contributed by atoms with E-state index in [-0.39, 0.29) is 11.9 Å². The Morgan fingerprint density at radius 3 is 2.76 bits per heavy atom. The van der Waals surface area contributed by atoms with Crippen LogP contribution in [0, 0.1) is 12.7 Å². The van der Waals surface area contributed by atoms with Gasteiger partial charge in [0.05, 0.1) is 0 Å². The average Bonchev–Trinajstić information content (AvgIpc) is 2.48. The number of hydrazine groups is 1. The van der Waals surface area contributed by atoms with Crippen molar-refractivity contribution < 1.29 is 4.39 Å². The average molecular weight is 325 g/mol. The molecule has 2 aromatic carbocycles. The van der Waals surface area contributed by atoms with Crippen LogP contribution in [0.5, 0.6) is 0 Å². The molecule has 112 valence electrons. The van der Waals surface area contributed by atoms with Gasteiger partial charge in [0.2, 0.25) is 0 Å². The Balaban J connectivity index is 2.00. The summed E-state index contributed by atoms with van der Waals surface area (Å²) in [6.45, 7) is 2.07. The van der Waals surface area contributed by atoms with E-state index in [1.165, 1.54) is 16.5 Å². The molecule has 2 nitrogen and oxygen atoms in total. The number of nitrogens with one attached hydrogen (secondary N) is 1. The zero-order chi connectivity index (χ0) is 15.2. The number of benzene rings is 2. The standard InChI is InChI=1S/C16H18ClFN2S/c1-11-4-2-3-5-16(11)21-10-14(20-19)9-12-8-13(17)6-7-15(12)18/h2-8,14,20H,9-10,19H2,1H3. The van der Waals surface area contributed by atoms with Crippen LogP contribution in [0.2, 0.25) is 5.02 Å². The van der Waals surface area contributed by atoms with Gasteiger partial charge >= 0.3 is 0 Å². The van der Waals surface area contributed by atoms with E-state index < -0.39 is 0 Å². The van der Waals surface area contributed by atoms with Crippen LogP contribution in [0.4, 0.5) is 4.39 Å². The van der Waals surface area contributed by atoms with Crippen LogP contribution in [0.3, 0.4) is 0 Å². The zero-order valence-electron chi connectivity index (χ0n) is 11.8. The van der Waals surface area contributed by atoms with Crippen LogP contribution in [0.25, 0.3) is 0 Å². The fraction of sp³-hybridized carbons (Fsp3) is 0.250. The lowest BCUT2D eigenvalue weighted by molar-refractivity contribution is 0.546. The summed E-state index contributed by atoms with van der Waals surface area (Å²) in [4.78, 5) is 1.21. The van der Waals surface area contributed by atoms with Gasteiger partial charge in [-0.3, -0.25) is 11.3 Å². The molecule has 5 heteroatoms. The molecule has 0 aliphatic rings. The van der Waals surface area contributed by atoms with Crippen molar-refractivity contribution >= 4 is 23.4 Å². The lowest BCUT2D eigenvalue weighted by atomic mass is 10.1. The lowest BCUT2D eigenvalue weighted by Gasteiger charge is -2.17. The van der Waals surface area contributed by atoms with Gasteiger partial charge in [0.25, 0.3) is 0 Å². The number of thioether (sulfide) groups is 1. The molecular formula is C16H18ClFN2S. The lowest BCUT2D eigenvalue weighted by Crippen LogP contribution is -2.38. The minimum Gasteiger partial charge on any atom is -0.271 e. The molecule has 0 aromatic heterocycles. The van der Waals surface area contributed by atoms with Crippen LogP contribution in [0.15, 0.2) is 47.4 Å². The third-order valence-electron chi connectivity index (χ3n) is 3.24. The molecule has 0 aliphatic heterocycles. The molecule has 0 bridgehead atoms. The van der Waals surface area contributed by atoms with Crippen LogP contribution in [-0.2, 0) is 6.42 Å². The van der Waals surface area contributed by atoms with Gasteiger partial charge in [0, 0.05) is 21.7 Å². The molecule has 0 heterocycles. The van der Waals surface area contributed by atoms with E-state index in [4.69, 9.17) is 17.4 Å². The quantitative estimate of drug-likeness (QED) is 0.480. The number of rotatable bonds is 6. The highest BCUT2D eigenvalue weighted by molar-refractivity contribution is 7.99. The summed E-state index contributed by atoms with van der Waals surface area (Å²) in [5.41, 5.74) is 4.56. The minimum atomic E-state index is -0.249. The smallest absolute Gasteiger partial charge is 0.126 e. The fourth-order valence-electron chi connectivity index (χ4n) is 2.04. The van der Waals surface area contributed by atoms with E-state index in [9.17, 15) is 4.39 Å². The highest BCUT2D eigenvalue weighted by Gasteiger charge is 2.12. The molecule has 0 saturated heterocycles. The van der Waals surface area contributed by atoms with Crippen LogP contribution < -0.4 is 11.3 Å². The predicted octanol–water partition coefficient (Wildman–Crippen LogP) is 3.95. The van der Waals surface area contributed by atoms with E-state index >= 15 is 0 Å². The maximum absolute atomic E-state index is 13.8. The number of halogens is 2. The Bertz CT molecular complexity index is 607. The zero-order valence-corrected chi connectivity index (χ0v) is 13.3. The molecule has 0 radical (unpaired) electrons. The second-order valence-corrected chi connectivity index (χ2v) is 6.38. The largest absolute Gasteiger partial charge is 0.271 e. The Kier molecular flexibility index (Phi) is 6.06. The van der Waals surface area contributed by atoms with Crippen molar-refractivity contribution in [1.82, 2.24) is 5.43 Å². The maximum Gasteiger partial charge on any atom is 0.126 e. The Labute approximate surface area is 133 Å². The maximum atomic E-state index is 13.8. The topological polar surface area (TPSA) is 38.0 Å². The second-order valence-electron chi connectivity index (χ2n) is 4.88. The summed E-state index contributed by atoms with van der Waals surface area (Å²) in [6, 6.07) is 12.7. The second kappa shape index (κ2) is 7.80. The molecule has 3 N–H and O–H groups in total. The van der Waals surface area contributed by atoms with Crippen molar-refractivity contribution in [3.63, 3.8) is 0 Å². The van der Waals surface area contributed by atoms with Crippen LogP contribution in [-0.4, -0.2) is 11.8 Å². The van der Waals surface area contributed by atoms with E-state index in [1.807, 2.05) is 12.1 Å². The number of nitrogens with two attached hydrogens (primary N) is 1. The molecule has 1 unspecified atom stereocenters. The van der Waals surface area contributed by atoms with Crippen molar-refractivity contribution in [2.75, 3.05) is 5.75 Å². The van der Waals surface area contributed by atoms with Gasteiger partial charge in [-0.25, -0.2) is 4.39 Å². The van der Waals surface area contributed by atoms with Gasteiger partial charge in [-0.2, -0.15) is 0 Å². The monoisotopic (exact) mass is 324 g/mol. The summed E-state index contributed by atoms with van der Waals surface area (Å²) in [7, 11) is 0. The minimum absolute atomic E-state index is 0.0254. The van der Waals surface area contributed by atoms with Gasteiger partial charge in [0.15, 0.2) is 0 Å². The number of hydrogen-bond donors (Lipinski definition) is 2. The highest BCUT2D eigenvalue weighted by Crippen LogP contribution is 2.24. The molecule has 0 fully saturated rings. The Hall–Kier alpha value is -1.07. The van der Waals surface area contributed by atoms with Crippen molar-refractivity contribution in [1.29, 1.82) is 0 Å². The molecule has 0 saturated carbocycles. The summed E-state index contributed by atoms with van der Waals surface area (Å²) < 4.78 is 13.8. The first kappa shape index (κ1) is 16.3. The fourth-order valence-corrected chi connectivity index (χ4v) is 3.30. The highest BCUT2D eigenvalue weighted by atomic mass is 35.5. The summed E-state index contributed by atoms with van der Waals surface area (Å²) in [5, 5.41) is 0.536. The van der Waals surface area contributed by atoms with Crippen molar-refractivity contribution in [2.45, 2.75) is 24.3 Å². The number of hydrogen-bond acceptors (Lipinski definition) is 3. The molecule has 21 heavy (non-hydrogen) atoms. The molecule has 0 aliphatic carbocycles. The molecule has 0 spiro atoms. The van der Waals surface area contributed by atoms with Gasteiger partial charge in [-0.15, -0.1) is 11.8 Å². The molecular weight excluding hydrogens is 307 g/mol. The van der Waals surface area contributed by atoms with E-state index in [2.05, 4.69) is 24.5 Å². The SMILES string of the molecule is Cc1ccccc1SCC(Cc1cc(Cl)ccc1F)NN. The molecule has 1 atom stereocenters. The summed E-state index contributed by atoms with van der Waals surface area (Å²) >= 11 is 7.62. The van der Waals surface area contributed by atoms with Gasteiger partial charge < -0.3 is 0 Å².